The third kappa shape index (κ3) is 33.8. The summed E-state index contributed by atoms with van der Waals surface area (Å²) in [4.78, 5) is 282. The SMILES string of the molecule is CC(=O)NC(C)(C)C(=O)NCC(=O)NC(C)(C)C(=O)NC(CC(C)C)C(=O)NC(C)(C)C(=O)NC(CCC(N)=O)C(=O)NC(C)(C)C(=O)NC(C)(C)C(=O)NC(C)(C)C(=O)NC(C)C(=O)NC(C)C(=O)NC(C)(C)C(=O)N1CCCC1C(=O)NC(CC(C)C)C(=O)NC(C)(C)C(=O)NC(C)(C)C(=O)NC(CCC(N)=O)C(=O)NC(C=O)C(C)C. The first-order valence-corrected chi connectivity index (χ1v) is 39.5. The van der Waals surface area contributed by atoms with Gasteiger partial charge in [0, 0.05) is 26.3 Å². The molecule has 20 amide bonds. The van der Waals surface area contributed by atoms with Gasteiger partial charge < -0.3 is 112 Å². The fourth-order valence-electron chi connectivity index (χ4n) is 11.6. The molecule has 1 aliphatic heterocycles. The summed E-state index contributed by atoms with van der Waals surface area (Å²) in [5.74, 6) is -17.3. The molecule has 8 unspecified atom stereocenters. The highest BCUT2D eigenvalue weighted by atomic mass is 16.2. The van der Waals surface area contributed by atoms with Gasteiger partial charge in [0.05, 0.1) is 12.6 Å². The van der Waals surface area contributed by atoms with Gasteiger partial charge in [0.1, 0.15) is 98.4 Å². The molecule has 1 saturated heterocycles. The van der Waals surface area contributed by atoms with Crippen molar-refractivity contribution in [2.75, 3.05) is 13.1 Å². The van der Waals surface area contributed by atoms with Crippen molar-refractivity contribution < 1.29 is 101 Å². The first-order valence-electron chi connectivity index (χ1n) is 39.5. The Bertz CT molecular complexity index is 3820. The molecule has 0 aliphatic carbocycles. The number of carbonyl (C=O) groups excluding carboxylic acids is 21. The highest BCUT2D eigenvalue weighted by Crippen LogP contribution is 2.24. The average molecular weight is 1690 g/mol. The number of nitrogens with two attached hydrogens (primary N) is 2. The van der Waals surface area contributed by atoms with Crippen molar-refractivity contribution in [1.82, 2.24) is 95.3 Å². The third-order valence-electron chi connectivity index (χ3n) is 19.2. The molecule has 0 aromatic rings. The monoisotopic (exact) mass is 1690 g/mol. The Morgan fingerprint density at radius 1 is 0.370 bits per heavy atom. The predicted molar refractivity (Wildman–Crippen MR) is 435 cm³/mol. The summed E-state index contributed by atoms with van der Waals surface area (Å²) in [6.45, 7) is 37.5. The number of rotatable bonds is 46. The lowest BCUT2D eigenvalue weighted by Gasteiger charge is -2.35. The van der Waals surface area contributed by atoms with Gasteiger partial charge >= 0.3 is 0 Å². The zero-order valence-electron chi connectivity index (χ0n) is 74.2. The van der Waals surface area contributed by atoms with E-state index in [4.69, 9.17) is 11.5 Å². The zero-order chi connectivity index (χ0) is 92.8. The molecule has 0 radical (unpaired) electrons. The van der Waals surface area contributed by atoms with Crippen LogP contribution in [0.5, 0.6) is 0 Å². The number of amides is 20. The van der Waals surface area contributed by atoms with Gasteiger partial charge in [-0.3, -0.25) is 95.9 Å². The lowest BCUT2D eigenvalue weighted by Crippen LogP contribution is -2.67. The normalized spacial score (nSPS) is 15.3. The fourth-order valence-corrected chi connectivity index (χ4v) is 11.6. The molecule has 41 heteroatoms. The van der Waals surface area contributed by atoms with E-state index >= 15 is 0 Å². The largest absolute Gasteiger partial charge is 0.370 e. The number of carbonyl (C=O) groups is 21. The average Bonchev–Trinajstić information content (AvgIpc) is 1.74. The van der Waals surface area contributed by atoms with Gasteiger partial charge in [-0.25, -0.2) is 0 Å². The van der Waals surface area contributed by atoms with Gasteiger partial charge in [0.15, 0.2) is 0 Å². The maximum absolute atomic E-state index is 14.3. The third-order valence-corrected chi connectivity index (χ3v) is 19.2. The number of hydrogen-bond acceptors (Lipinski definition) is 21. The summed E-state index contributed by atoms with van der Waals surface area (Å²) in [6, 6.07) is -10.3. The van der Waals surface area contributed by atoms with E-state index < -0.39 is 236 Å². The minimum atomic E-state index is -1.90. The Morgan fingerprint density at radius 3 is 1.10 bits per heavy atom. The van der Waals surface area contributed by atoms with E-state index in [1.807, 2.05) is 0 Å². The molecule has 21 N–H and O–H groups in total. The van der Waals surface area contributed by atoms with Gasteiger partial charge in [-0.05, 0) is 195 Å². The molecule has 8 atom stereocenters. The van der Waals surface area contributed by atoms with Gasteiger partial charge in [0.2, 0.25) is 118 Å². The first-order chi connectivity index (χ1) is 53.9. The van der Waals surface area contributed by atoms with Crippen LogP contribution in [0.15, 0.2) is 0 Å². The standard InChI is InChI=1S/C78H134N20O21/c1-39(2)35-47(58(108)94-76(22,23)66(116)95-74(18,19)65(115)86-45(30-32-51(79)101)56(106)85-49(38-99)41(5)6)84-60(110)50-29-28-34-98(50)69(119)78(26,27)91-55(105)43(8)82-54(104)42(7)83-62(112)73(16,17)96-68(118)77(24,25)97-67(117)75(20,21)92-57(107)46(31-33-52(80)102)87-64(114)72(14,15)93-59(109)48(36-40(3)4)88-63(113)71(12,13)90-53(103)37-81-61(111)70(10,11)89-44(9)100/h38-43,45-50H,28-37H2,1-27H3,(H2,79,101)(H2,80,102)(H,81,111)(H,82,104)(H,83,112)(H,84,110)(H,85,106)(H,86,115)(H,87,114)(H,88,113)(H,89,100)(H,90,103)(H,91,105)(H,92,107)(H,93,109)(H,94,108)(H,95,116)(H,96,118)(H,97,117). The summed E-state index contributed by atoms with van der Waals surface area (Å²) in [7, 11) is 0. The zero-order valence-corrected chi connectivity index (χ0v) is 74.2. The van der Waals surface area contributed by atoms with Gasteiger partial charge in [-0.1, -0.05) is 41.5 Å². The number of aldehydes is 1. The molecule has 119 heavy (non-hydrogen) atoms. The summed E-state index contributed by atoms with van der Waals surface area (Å²) in [5, 5.41) is 43.0. The van der Waals surface area contributed by atoms with E-state index in [2.05, 4.69) is 90.4 Å². The summed E-state index contributed by atoms with van der Waals surface area (Å²) < 4.78 is 0. The van der Waals surface area contributed by atoms with Crippen LogP contribution in [0.1, 0.15) is 238 Å². The highest BCUT2D eigenvalue weighted by Gasteiger charge is 2.47. The van der Waals surface area contributed by atoms with Gasteiger partial charge in [0.25, 0.3) is 0 Å². The second-order valence-electron chi connectivity index (χ2n) is 36.3. The van der Waals surface area contributed by atoms with Crippen molar-refractivity contribution in [2.24, 2.45) is 29.2 Å². The van der Waals surface area contributed by atoms with Crippen LogP contribution in [0.3, 0.4) is 0 Å². The van der Waals surface area contributed by atoms with Gasteiger partial charge in [-0.2, -0.15) is 0 Å². The Kier molecular flexibility index (Phi) is 38.5. The number of likely N-dealkylation sites (tertiary alicyclic amines) is 1. The molecule has 0 aromatic heterocycles. The van der Waals surface area contributed by atoms with E-state index in [9.17, 15) is 101 Å². The van der Waals surface area contributed by atoms with Crippen LogP contribution in [0.2, 0.25) is 0 Å². The van der Waals surface area contributed by atoms with E-state index in [1.54, 1.807) is 41.5 Å². The van der Waals surface area contributed by atoms with Crippen LogP contribution in [-0.4, -0.2) is 241 Å². The molecule has 1 heterocycles. The molecule has 672 valence electrons. The molecule has 0 saturated carbocycles. The molecular formula is C78H134N20O21. The predicted octanol–water partition coefficient (Wildman–Crippen LogP) is -3.92. The summed E-state index contributed by atoms with van der Waals surface area (Å²) in [6.07, 6.45) is -0.312. The second kappa shape index (κ2) is 43.2. The summed E-state index contributed by atoms with van der Waals surface area (Å²) in [5.41, 5.74) is -4.98. The second-order valence-corrected chi connectivity index (χ2v) is 36.3. The van der Waals surface area contributed by atoms with Crippen molar-refractivity contribution in [1.29, 1.82) is 0 Å². The van der Waals surface area contributed by atoms with Crippen LogP contribution in [0.25, 0.3) is 0 Å². The topological polar surface area (TPSA) is 618 Å². The van der Waals surface area contributed by atoms with Crippen LogP contribution in [0, 0.1) is 17.8 Å². The number of nitrogens with zero attached hydrogens (tertiary/aromatic N) is 1. The van der Waals surface area contributed by atoms with Crippen molar-refractivity contribution in [2.45, 2.75) is 336 Å². The number of hydrogen-bond donors (Lipinski definition) is 19. The Balaban J connectivity index is 3.15. The van der Waals surface area contributed by atoms with Crippen LogP contribution >= 0.6 is 0 Å². The first kappa shape index (κ1) is 106. The minimum absolute atomic E-state index is 0.0287. The minimum Gasteiger partial charge on any atom is -0.370 e. The van der Waals surface area contributed by atoms with Crippen LogP contribution in [0.4, 0.5) is 0 Å². The molecule has 0 bridgehead atoms. The molecule has 0 spiro atoms. The van der Waals surface area contributed by atoms with Crippen LogP contribution in [-0.2, 0) is 101 Å². The van der Waals surface area contributed by atoms with E-state index in [0.717, 1.165) is 0 Å². The quantitative estimate of drug-likeness (QED) is 0.0259. The van der Waals surface area contributed by atoms with Crippen molar-refractivity contribution >= 4 is 124 Å². The molecule has 1 fully saturated rings. The molecule has 1 rings (SSSR count). The van der Waals surface area contributed by atoms with E-state index in [1.165, 1.54) is 150 Å². The molecule has 0 aromatic carbocycles. The van der Waals surface area contributed by atoms with Crippen molar-refractivity contribution in [3.63, 3.8) is 0 Å². The van der Waals surface area contributed by atoms with Crippen molar-refractivity contribution in [3.8, 4) is 0 Å². The van der Waals surface area contributed by atoms with E-state index in [-0.39, 0.29) is 56.4 Å². The van der Waals surface area contributed by atoms with Crippen molar-refractivity contribution in [3.05, 3.63) is 0 Å². The lowest BCUT2D eigenvalue weighted by atomic mass is 9.95. The Morgan fingerprint density at radius 2 is 0.706 bits per heavy atom. The highest BCUT2D eigenvalue weighted by molar-refractivity contribution is 6.04. The summed E-state index contributed by atoms with van der Waals surface area (Å²) >= 11 is 0. The number of primary amides is 2. The molecule has 1 aliphatic rings. The van der Waals surface area contributed by atoms with Crippen LogP contribution < -0.4 is 102 Å². The van der Waals surface area contributed by atoms with Gasteiger partial charge in [-0.15, -0.1) is 0 Å². The smallest absolute Gasteiger partial charge is 0.248 e. The maximum atomic E-state index is 14.3. The Labute approximate surface area is 696 Å². The Hall–Kier alpha value is -10.9. The van der Waals surface area contributed by atoms with E-state index in [0.29, 0.717) is 12.7 Å². The fraction of sp³-hybridized carbons (Fsp3) is 0.731. The molecule has 41 nitrogen and oxygen atoms in total. The maximum Gasteiger partial charge on any atom is 0.248 e. The lowest BCUT2D eigenvalue weighted by molar-refractivity contribution is -0.145. The number of nitrogens with one attached hydrogen (secondary N) is 17. The molecular weight excluding hydrogens is 1550 g/mol.